The maximum Gasteiger partial charge on any atom is 0.291 e. The highest BCUT2D eigenvalue weighted by Gasteiger charge is 2.22. The molecule has 1 aromatic heterocycles. The van der Waals surface area contributed by atoms with Crippen molar-refractivity contribution in [1.29, 1.82) is 0 Å². The Labute approximate surface area is 159 Å². The number of ether oxygens (including phenoxy) is 2. The molecule has 0 saturated carbocycles. The largest absolute Gasteiger partial charge is 0.486 e. The van der Waals surface area contributed by atoms with E-state index >= 15 is 0 Å². The van der Waals surface area contributed by atoms with Crippen molar-refractivity contribution >= 4 is 45.9 Å². The molecule has 5 nitrogen and oxygen atoms in total. The third kappa shape index (κ3) is 3.10. The lowest BCUT2D eigenvalue weighted by Crippen LogP contribution is -2.17. The molecule has 0 spiro atoms. The van der Waals surface area contributed by atoms with Gasteiger partial charge in [0.2, 0.25) is 0 Å². The molecule has 7 heteroatoms. The van der Waals surface area contributed by atoms with Crippen LogP contribution >= 0.6 is 23.4 Å². The van der Waals surface area contributed by atoms with Crippen LogP contribution in [0, 0.1) is 0 Å². The molecule has 0 fully saturated rings. The molecule has 1 N–H and O–H groups in total. The summed E-state index contributed by atoms with van der Waals surface area (Å²) in [5, 5.41) is 4.15. The van der Waals surface area contributed by atoms with Crippen molar-refractivity contribution in [2.75, 3.05) is 24.8 Å². The summed E-state index contributed by atoms with van der Waals surface area (Å²) in [5.74, 6) is 1.76. The van der Waals surface area contributed by atoms with Crippen LogP contribution in [0.4, 0.5) is 5.69 Å². The first kappa shape index (κ1) is 17.1. The lowest BCUT2D eigenvalue weighted by Gasteiger charge is -2.19. The van der Waals surface area contributed by atoms with Crippen LogP contribution in [0.1, 0.15) is 16.1 Å². The molecule has 1 amide bonds. The summed E-state index contributed by atoms with van der Waals surface area (Å²) in [6, 6.07) is 10.9. The lowest BCUT2D eigenvalue weighted by molar-refractivity contribution is 0.0997. The number of rotatable bonds is 4. The molecular weight excluding hydrogens is 374 g/mol. The number of para-hydroxylation sites is 1. The Morgan fingerprint density at radius 1 is 1.19 bits per heavy atom. The highest BCUT2D eigenvalue weighted by Crippen LogP contribution is 2.38. The fraction of sp³-hybridized carbons (Fsp3) is 0.211. The summed E-state index contributed by atoms with van der Waals surface area (Å²) >= 11 is 7.92. The molecule has 2 heterocycles. The average Bonchev–Trinajstić information content (AvgIpc) is 3.01. The lowest BCUT2D eigenvalue weighted by atomic mass is 10.1. The quantitative estimate of drug-likeness (QED) is 0.682. The molecule has 1 aliphatic rings. The summed E-state index contributed by atoms with van der Waals surface area (Å²) < 4.78 is 16.9. The van der Waals surface area contributed by atoms with Gasteiger partial charge in [0.25, 0.3) is 5.91 Å². The predicted octanol–water partition coefficient (Wildman–Crippen LogP) is 4.97. The average molecular weight is 390 g/mol. The molecule has 0 bridgehead atoms. The van der Waals surface area contributed by atoms with Crippen molar-refractivity contribution in [1.82, 2.24) is 0 Å². The van der Waals surface area contributed by atoms with Gasteiger partial charge in [0.1, 0.15) is 18.8 Å². The summed E-state index contributed by atoms with van der Waals surface area (Å²) in [7, 11) is 0. The van der Waals surface area contributed by atoms with Crippen molar-refractivity contribution in [3.05, 3.63) is 52.7 Å². The Morgan fingerprint density at radius 3 is 2.69 bits per heavy atom. The Hall–Kier alpha value is -2.31. The van der Waals surface area contributed by atoms with Gasteiger partial charge >= 0.3 is 0 Å². The minimum absolute atomic E-state index is 0.298. The van der Waals surface area contributed by atoms with Crippen molar-refractivity contribution in [2.24, 2.45) is 0 Å². The highest BCUT2D eigenvalue weighted by atomic mass is 35.5. The first-order valence-electron chi connectivity index (χ1n) is 8.07. The van der Waals surface area contributed by atoms with Gasteiger partial charge in [-0.3, -0.25) is 4.79 Å². The van der Waals surface area contributed by atoms with E-state index in [1.807, 2.05) is 30.5 Å². The van der Waals surface area contributed by atoms with Crippen LogP contribution in [0.5, 0.6) is 11.5 Å². The molecular formula is C19H16ClNO4S. The zero-order chi connectivity index (χ0) is 18.1. The SMILES string of the molecule is CSCc1c(C(=O)Nc2cc3c(cc2Cl)OCCO3)oc2ccccc12. The van der Waals surface area contributed by atoms with Crippen LogP contribution in [0.3, 0.4) is 0 Å². The molecule has 0 unspecified atom stereocenters. The van der Waals surface area contributed by atoms with Gasteiger partial charge in [-0.2, -0.15) is 11.8 Å². The first-order valence-corrected chi connectivity index (χ1v) is 9.84. The third-order valence-corrected chi connectivity index (χ3v) is 4.96. The van der Waals surface area contributed by atoms with Crippen molar-refractivity contribution in [3.8, 4) is 11.5 Å². The minimum Gasteiger partial charge on any atom is -0.486 e. The van der Waals surface area contributed by atoms with Gasteiger partial charge in [-0.05, 0) is 12.3 Å². The Morgan fingerprint density at radius 2 is 1.92 bits per heavy atom. The highest BCUT2D eigenvalue weighted by molar-refractivity contribution is 7.97. The van der Waals surface area contributed by atoms with Gasteiger partial charge in [0, 0.05) is 28.8 Å². The number of anilines is 1. The van der Waals surface area contributed by atoms with Crippen molar-refractivity contribution in [3.63, 3.8) is 0 Å². The van der Waals surface area contributed by atoms with Crippen LogP contribution in [-0.2, 0) is 5.75 Å². The van der Waals surface area contributed by atoms with Crippen LogP contribution in [-0.4, -0.2) is 25.4 Å². The van der Waals surface area contributed by atoms with E-state index in [1.54, 1.807) is 23.9 Å². The van der Waals surface area contributed by atoms with Gasteiger partial charge < -0.3 is 19.2 Å². The van der Waals surface area contributed by atoms with Gasteiger partial charge in [0.05, 0.1) is 10.7 Å². The van der Waals surface area contributed by atoms with Crippen LogP contribution < -0.4 is 14.8 Å². The van der Waals surface area contributed by atoms with E-state index in [4.69, 9.17) is 25.5 Å². The third-order valence-electron chi connectivity index (χ3n) is 4.07. The molecule has 26 heavy (non-hydrogen) atoms. The van der Waals surface area contributed by atoms with E-state index in [1.165, 1.54) is 0 Å². The van der Waals surface area contributed by atoms with Gasteiger partial charge in [0.15, 0.2) is 17.3 Å². The normalized spacial score (nSPS) is 13.0. The van der Waals surface area contributed by atoms with Crippen LogP contribution in [0.15, 0.2) is 40.8 Å². The number of hydrogen-bond donors (Lipinski definition) is 1. The topological polar surface area (TPSA) is 60.7 Å². The van der Waals surface area contributed by atoms with Crippen molar-refractivity contribution in [2.45, 2.75) is 5.75 Å². The van der Waals surface area contributed by atoms with Crippen molar-refractivity contribution < 1.29 is 18.7 Å². The monoisotopic (exact) mass is 389 g/mol. The second kappa shape index (κ2) is 7.13. The number of nitrogens with one attached hydrogen (secondary N) is 1. The number of halogens is 1. The molecule has 0 saturated heterocycles. The fourth-order valence-corrected chi connectivity index (χ4v) is 3.68. The number of furan rings is 1. The van der Waals surface area contributed by atoms with Gasteiger partial charge in [-0.1, -0.05) is 29.8 Å². The van der Waals surface area contributed by atoms with E-state index in [0.717, 1.165) is 10.9 Å². The van der Waals surface area contributed by atoms with Gasteiger partial charge in [-0.15, -0.1) is 0 Å². The summed E-state index contributed by atoms with van der Waals surface area (Å²) in [6.07, 6.45) is 1.99. The summed E-state index contributed by atoms with van der Waals surface area (Å²) in [5.41, 5.74) is 2.02. The standard InChI is InChI=1S/C19H16ClNO4S/c1-26-10-12-11-4-2-3-5-15(11)25-18(12)19(22)21-14-9-17-16(8-13(14)20)23-6-7-24-17/h2-5,8-9H,6-7,10H2,1H3,(H,21,22). The zero-order valence-corrected chi connectivity index (χ0v) is 15.6. The fourth-order valence-electron chi connectivity index (χ4n) is 2.91. The molecule has 1 aliphatic heterocycles. The van der Waals surface area contributed by atoms with E-state index in [2.05, 4.69) is 5.32 Å². The number of fused-ring (bicyclic) bond motifs is 2. The molecule has 134 valence electrons. The van der Waals surface area contributed by atoms with E-state index in [0.29, 0.717) is 52.5 Å². The van der Waals surface area contributed by atoms with E-state index in [-0.39, 0.29) is 5.91 Å². The van der Waals surface area contributed by atoms with Crippen LogP contribution in [0.2, 0.25) is 5.02 Å². The van der Waals surface area contributed by atoms with Crippen LogP contribution in [0.25, 0.3) is 11.0 Å². The molecule has 2 aromatic carbocycles. The number of hydrogen-bond acceptors (Lipinski definition) is 5. The van der Waals surface area contributed by atoms with Gasteiger partial charge in [-0.25, -0.2) is 0 Å². The predicted molar refractivity (Wildman–Crippen MR) is 104 cm³/mol. The second-order valence-electron chi connectivity index (χ2n) is 5.77. The van der Waals surface area contributed by atoms with E-state index < -0.39 is 0 Å². The number of benzene rings is 2. The molecule has 0 radical (unpaired) electrons. The Balaban J connectivity index is 1.69. The number of thioether (sulfide) groups is 1. The molecule has 0 aliphatic carbocycles. The Bertz CT molecular complexity index is 985. The number of carbonyl (C=O) groups excluding carboxylic acids is 1. The Kier molecular flexibility index (Phi) is 4.70. The maximum atomic E-state index is 12.9. The molecule has 4 rings (SSSR count). The summed E-state index contributed by atoms with van der Waals surface area (Å²) in [4.78, 5) is 12.9. The first-order chi connectivity index (χ1) is 12.7. The summed E-state index contributed by atoms with van der Waals surface area (Å²) in [6.45, 7) is 0.940. The number of carbonyl (C=O) groups is 1. The molecule has 3 aromatic rings. The second-order valence-corrected chi connectivity index (χ2v) is 7.04. The minimum atomic E-state index is -0.344. The van der Waals surface area contributed by atoms with E-state index in [9.17, 15) is 4.79 Å². The molecule has 0 atom stereocenters. The maximum absolute atomic E-state index is 12.9. The zero-order valence-electron chi connectivity index (χ0n) is 14.0. The smallest absolute Gasteiger partial charge is 0.291 e. The number of amides is 1.